The van der Waals surface area contributed by atoms with E-state index in [2.05, 4.69) is 10.6 Å². The summed E-state index contributed by atoms with van der Waals surface area (Å²) in [4.78, 5) is 72.7. The minimum absolute atomic E-state index is 0.112. The number of carboxylic acids is 2. The Hall–Kier alpha value is -3.22. The Bertz CT molecular complexity index is 756. The summed E-state index contributed by atoms with van der Waals surface area (Å²) < 4.78 is 0. The lowest BCUT2D eigenvalue weighted by molar-refractivity contribution is -0.148. The molecular weight excluding hydrogens is 426 g/mol. The summed E-state index contributed by atoms with van der Waals surface area (Å²) >= 11 is 0. The molecule has 1 heterocycles. The fourth-order valence-electron chi connectivity index (χ4n) is 3.44. The first-order valence-electron chi connectivity index (χ1n) is 10.2. The third-order valence-corrected chi connectivity index (χ3v) is 4.91. The summed E-state index contributed by atoms with van der Waals surface area (Å²) in [6.45, 7) is 3.85. The summed E-state index contributed by atoms with van der Waals surface area (Å²) in [5, 5.41) is 22.5. The molecule has 13 nitrogen and oxygen atoms in total. The van der Waals surface area contributed by atoms with Crippen molar-refractivity contribution in [1.29, 1.82) is 0 Å². The van der Waals surface area contributed by atoms with Crippen molar-refractivity contribution in [2.45, 2.75) is 70.1 Å². The average molecular weight is 457 g/mol. The highest BCUT2D eigenvalue weighted by atomic mass is 16.4. The Morgan fingerprint density at radius 3 is 2.16 bits per heavy atom. The summed E-state index contributed by atoms with van der Waals surface area (Å²) in [6, 6.07) is -5.02. The van der Waals surface area contributed by atoms with Gasteiger partial charge in [0.05, 0.1) is 18.9 Å². The maximum atomic E-state index is 13.0. The summed E-state index contributed by atoms with van der Waals surface area (Å²) in [5.74, 6) is -5.92. The van der Waals surface area contributed by atoms with Gasteiger partial charge in [-0.05, 0) is 25.2 Å². The molecule has 1 aliphatic heterocycles. The third kappa shape index (κ3) is 8.13. The van der Waals surface area contributed by atoms with Gasteiger partial charge in [0.2, 0.25) is 23.6 Å². The molecule has 32 heavy (non-hydrogen) atoms. The van der Waals surface area contributed by atoms with Crippen LogP contribution in [0.25, 0.3) is 0 Å². The number of amides is 4. The number of carbonyl (C=O) groups is 6. The van der Waals surface area contributed by atoms with Gasteiger partial charge in [0.1, 0.15) is 18.1 Å². The largest absolute Gasteiger partial charge is 0.481 e. The van der Waals surface area contributed by atoms with Gasteiger partial charge in [-0.25, -0.2) is 4.79 Å². The lowest BCUT2D eigenvalue weighted by Crippen LogP contribution is -2.57. The minimum atomic E-state index is -1.67. The van der Waals surface area contributed by atoms with Crippen molar-refractivity contribution < 1.29 is 39.0 Å². The van der Waals surface area contributed by atoms with Gasteiger partial charge in [-0.3, -0.25) is 24.0 Å². The Morgan fingerprint density at radius 1 is 1.03 bits per heavy atom. The number of aliphatic carboxylic acids is 2. The lowest BCUT2D eigenvalue weighted by Gasteiger charge is -2.29. The van der Waals surface area contributed by atoms with E-state index in [0.29, 0.717) is 12.8 Å². The highest BCUT2D eigenvalue weighted by molar-refractivity contribution is 5.96. The molecule has 0 aromatic carbocycles. The van der Waals surface area contributed by atoms with Crippen LogP contribution in [0.4, 0.5) is 0 Å². The Labute approximate surface area is 184 Å². The van der Waals surface area contributed by atoms with Crippen LogP contribution in [0.15, 0.2) is 0 Å². The molecule has 4 amide bonds. The first kappa shape index (κ1) is 26.8. The van der Waals surface area contributed by atoms with E-state index >= 15 is 0 Å². The van der Waals surface area contributed by atoms with Gasteiger partial charge in [-0.2, -0.15) is 0 Å². The van der Waals surface area contributed by atoms with E-state index < -0.39 is 72.6 Å². The van der Waals surface area contributed by atoms with E-state index in [-0.39, 0.29) is 18.9 Å². The first-order chi connectivity index (χ1) is 14.8. The normalized spacial score (nSPS) is 18.5. The molecule has 0 radical (unpaired) electrons. The topological polar surface area (TPSA) is 222 Å². The highest BCUT2D eigenvalue weighted by Crippen LogP contribution is 2.20. The van der Waals surface area contributed by atoms with Crippen molar-refractivity contribution in [3.63, 3.8) is 0 Å². The zero-order chi connectivity index (χ0) is 24.6. The molecule has 1 fully saturated rings. The van der Waals surface area contributed by atoms with Crippen molar-refractivity contribution in [3.05, 3.63) is 0 Å². The van der Waals surface area contributed by atoms with Crippen molar-refractivity contribution in [2.75, 3.05) is 6.54 Å². The molecule has 0 aliphatic carbocycles. The second-order valence-electron chi connectivity index (χ2n) is 8.15. The molecule has 13 heteroatoms. The predicted molar refractivity (Wildman–Crippen MR) is 110 cm³/mol. The van der Waals surface area contributed by atoms with Gasteiger partial charge >= 0.3 is 11.9 Å². The maximum Gasteiger partial charge on any atom is 0.326 e. The number of carboxylic acid groups (broad SMARTS) is 2. The SMILES string of the molecule is CC(C)CC(N)C(=O)NC(CC(N)=O)C(=O)N1CCCC1C(=O)NC(CC(=O)O)C(=O)O. The van der Waals surface area contributed by atoms with Crippen LogP contribution in [0, 0.1) is 5.92 Å². The summed E-state index contributed by atoms with van der Waals surface area (Å²) in [7, 11) is 0. The van der Waals surface area contributed by atoms with E-state index in [1.165, 1.54) is 0 Å². The molecule has 4 atom stereocenters. The number of nitrogens with zero attached hydrogens (tertiary/aromatic N) is 1. The predicted octanol–water partition coefficient (Wildman–Crippen LogP) is -2.24. The summed E-state index contributed by atoms with van der Waals surface area (Å²) in [6.07, 6.45) is -0.402. The second kappa shape index (κ2) is 12.0. The van der Waals surface area contributed by atoms with E-state index in [4.69, 9.17) is 21.7 Å². The Balaban J connectivity index is 2.96. The second-order valence-corrected chi connectivity index (χ2v) is 8.15. The Kier molecular flexibility index (Phi) is 10.0. The van der Waals surface area contributed by atoms with E-state index in [9.17, 15) is 28.8 Å². The number of rotatable bonds is 12. The maximum absolute atomic E-state index is 13.0. The molecule has 4 unspecified atom stereocenters. The summed E-state index contributed by atoms with van der Waals surface area (Å²) in [5.41, 5.74) is 11.0. The molecule has 0 spiro atoms. The number of carbonyl (C=O) groups excluding carboxylic acids is 4. The fraction of sp³-hybridized carbons (Fsp3) is 0.684. The van der Waals surface area contributed by atoms with Crippen LogP contribution >= 0.6 is 0 Å². The molecule has 8 N–H and O–H groups in total. The van der Waals surface area contributed by atoms with Crippen LogP contribution in [0.2, 0.25) is 0 Å². The molecule has 0 bridgehead atoms. The van der Waals surface area contributed by atoms with Crippen LogP contribution in [0.1, 0.15) is 46.0 Å². The Morgan fingerprint density at radius 2 is 1.66 bits per heavy atom. The molecule has 1 saturated heterocycles. The van der Waals surface area contributed by atoms with Crippen LogP contribution in [-0.4, -0.2) is 81.4 Å². The number of nitrogens with one attached hydrogen (secondary N) is 2. The van der Waals surface area contributed by atoms with Crippen LogP contribution in [0.5, 0.6) is 0 Å². The van der Waals surface area contributed by atoms with Crippen LogP contribution in [0.3, 0.4) is 0 Å². The number of primary amides is 1. The van der Waals surface area contributed by atoms with E-state index in [1.807, 2.05) is 13.8 Å². The molecule has 1 rings (SSSR count). The molecule has 180 valence electrons. The number of likely N-dealkylation sites (tertiary alicyclic amines) is 1. The van der Waals surface area contributed by atoms with Gasteiger partial charge in [0.25, 0.3) is 0 Å². The van der Waals surface area contributed by atoms with Gasteiger partial charge in [-0.15, -0.1) is 0 Å². The molecule has 1 aliphatic rings. The molecule has 0 aromatic heterocycles. The molecule has 0 aromatic rings. The average Bonchev–Trinajstić information content (AvgIpc) is 3.14. The van der Waals surface area contributed by atoms with Gasteiger partial charge in [0, 0.05) is 6.54 Å². The van der Waals surface area contributed by atoms with E-state index in [0.717, 1.165) is 4.90 Å². The molecular formula is C19H31N5O8. The van der Waals surface area contributed by atoms with Crippen molar-refractivity contribution in [3.8, 4) is 0 Å². The van der Waals surface area contributed by atoms with E-state index in [1.54, 1.807) is 0 Å². The fourth-order valence-corrected chi connectivity index (χ4v) is 3.44. The minimum Gasteiger partial charge on any atom is -0.481 e. The number of hydrogen-bond acceptors (Lipinski definition) is 7. The van der Waals surface area contributed by atoms with Gasteiger partial charge in [-0.1, -0.05) is 13.8 Å². The molecule has 0 saturated carbocycles. The van der Waals surface area contributed by atoms with Crippen molar-refractivity contribution >= 4 is 35.6 Å². The highest BCUT2D eigenvalue weighted by Gasteiger charge is 2.39. The smallest absolute Gasteiger partial charge is 0.326 e. The lowest BCUT2D eigenvalue weighted by atomic mass is 10.0. The first-order valence-corrected chi connectivity index (χ1v) is 10.2. The zero-order valence-electron chi connectivity index (χ0n) is 18.1. The van der Waals surface area contributed by atoms with Gasteiger partial charge < -0.3 is 37.2 Å². The quantitative estimate of drug-likeness (QED) is 0.186. The van der Waals surface area contributed by atoms with Crippen LogP contribution in [-0.2, 0) is 28.8 Å². The van der Waals surface area contributed by atoms with Crippen molar-refractivity contribution in [2.24, 2.45) is 17.4 Å². The standard InChI is InChI=1S/C19H31N5O8/c1-9(2)6-10(20)16(28)22-11(7-14(21)25)18(30)24-5-3-4-13(24)17(29)23-12(19(31)32)8-15(26)27/h9-13H,3-8,20H2,1-2H3,(H2,21,25)(H,22,28)(H,23,29)(H,26,27)(H,31,32). The monoisotopic (exact) mass is 457 g/mol. The zero-order valence-corrected chi connectivity index (χ0v) is 18.1. The third-order valence-electron chi connectivity index (χ3n) is 4.91. The number of hydrogen-bond donors (Lipinski definition) is 6. The number of nitrogens with two attached hydrogens (primary N) is 2. The van der Waals surface area contributed by atoms with Crippen molar-refractivity contribution in [1.82, 2.24) is 15.5 Å². The van der Waals surface area contributed by atoms with Gasteiger partial charge in [0.15, 0.2) is 0 Å². The van der Waals surface area contributed by atoms with Crippen LogP contribution < -0.4 is 22.1 Å².